The van der Waals surface area contributed by atoms with Gasteiger partial charge < -0.3 is 20.3 Å². The molecule has 1 spiro atoms. The molecule has 3 aliphatic rings. The maximum absolute atomic E-state index is 12.2. The van der Waals surface area contributed by atoms with Gasteiger partial charge in [-0.3, -0.25) is 14.9 Å². The molecule has 0 aliphatic carbocycles. The number of nitrogens with one attached hydrogen (secondary N) is 3. The van der Waals surface area contributed by atoms with Gasteiger partial charge in [0.1, 0.15) is 5.54 Å². The van der Waals surface area contributed by atoms with Gasteiger partial charge in [-0.2, -0.15) is 0 Å². The minimum atomic E-state index is -0.932. The van der Waals surface area contributed by atoms with E-state index >= 15 is 0 Å². The predicted molar refractivity (Wildman–Crippen MR) is 67.8 cm³/mol. The van der Waals surface area contributed by atoms with Crippen LogP contribution in [0.25, 0.3) is 0 Å². The first-order valence-electron chi connectivity index (χ1n) is 6.83. The van der Waals surface area contributed by atoms with Gasteiger partial charge in [0.05, 0.1) is 25.7 Å². The smallest absolute Gasteiger partial charge is 0.322 e. The first kappa shape index (κ1) is 13.3. The summed E-state index contributed by atoms with van der Waals surface area (Å²) in [5.74, 6) is -0.377. The minimum absolute atomic E-state index is 0.0375. The highest BCUT2D eigenvalue weighted by molar-refractivity contribution is 6.07. The number of imide groups is 1. The molecular formula is C12H18N4O4. The van der Waals surface area contributed by atoms with Gasteiger partial charge >= 0.3 is 6.03 Å². The molecule has 8 heteroatoms. The summed E-state index contributed by atoms with van der Waals surface area (Å²) < 4.78 is 5.50. The van der Waals surface area contributed by atoms with Crippen molar-refractivity contribution in [3.8, 4) is 0 Å². The number of hydrogen-bond acceptors (Lipinski definition) is 5. The van der Waals surface area contributed by atoms with E-state index in [0.29, 0.717) is 32.5 Å². The molecule has 0 bridgehead atoms. The minimum Gasteiger partial charge on any atom is -0.375 e. The largest absolute Gasteiger partial charge is 0.375 e. The van der Waals surface area contributed by atoms with E-state index in [-0.39, 0.29) is 24.5 Å². The van der Waals surface area contributed by atoms with Crippen molar-refractivity contribution in [3.63, 3.8) is 0 Å². The molecule has 4 amide bonds. The fraction of sp³-hybridized carbons (Fsp3) is 0.750. The number of morpholine rings is 1. The Bertz CT molecular complexity index is 449. The molecule has 2 atom stereocenters. The fourth-order valence-electron chi connectivity index (χ4n) is 2.91. The molecule has 3 heterocycles. The third kappa shape index (κ3) is 2.36. The quantitative estimate of drug-likeness (QED) is 0.518. The standard InChI is InChI=1S/C12H18N4O4/c17-9(5-8-6-13-2-4-20-8)16-3-1-12(7-16)10(18)14-11(19)15-12/h8,13H,1-7H2,(H2,14,15,18,19). The average Bonchev–Trinajstić information content (AvgIpc) is 2.96. The van der Waals surface area contributed by atoms with Gasteiger partial charge in [0.25, 0.3) is 5.91 Å². The second kappa shape index (κ2) is 5.02. The molecule has 110 valence electrons. The van der Waals surface area contributed by atoms with E-state index in [1.54, 1.807) is 4.90 Å². The summed E-state index contributed by atoms with van der Waals surface area (Å²) in [6.07, 6.45) is 0.651. The van der Waals surface area contributed by atoms with E-state index in [0.717, 1.165) is 6.54 Å². The summed E-state index contributed by atoms with van der Waals surface area (Å²) in [6.45, 7) is 2.81. The SMILES string of the molecule is O=C1NC(=O)C2(CCN(C(=O)CC3CNCCO3)C2)N1. The highest BCUT2D eigenvalue weighted by atomic mass is 16.5. The zero-order chi connectivity index (χ0) is 14.2. The van der Waals surface area contributed by atoms with Gasteiger partial charge in [-0.05, 0) is 6.42 Å². The number of nitrogens with zero attached hydrogens (tertiary/aromatic N) is 1. The molecule has 3 N–H and O–H groups in total. The summed E-state index contributed by atoms with van der Waals surface area (Å²) in [5.41, 5.74) is -0.932. The maximum atomic E-state index is 12.2. The van der Waals surface area contributed by atoms with Crippen LogP contribution in [0.2, 0.25) is 0 Å². The summed E-state index contributed by atoms with van der Waals surface area (Å²) in [5, 5.41) is 8.03. The average molecular weight is 282 g/mol. The molecule has 0 aromatic carbocycles. The lowest BCUT2D eigenvalue weighted by atomic mass is 9.99. The van der Waals surface area contributed by atoms with Gasteiger partial charge in [-0.25, -0.2) is 4.79 Å². The molecule has 3 saturated heterocycles. The lowest BCUT2D eigenvalue weighted by Crippen LogP contribution is -2.50. The highest BCUT2D eigenvalue weighted by Crippen LogP contribution is 2.25. The van der Waals surface area contributed by atoms with Gasteiger partial charge in [0.2, 0.25) is 5.91 Å². The third-order valence-electron chi connectivity index (χ3n) is 4.04. The fourth-order valence-corrected chi connectivity index (χ4v) is 2.91. The zero-order valence-corrected chi connectivity index (χ0v) is 11.1. The predicted octanol–water partition coefficient (Wildman–Crippen LogP) is -1.82. The van der Waals surface area contributed by atoms with Crippen LogP contribution in [0.5, 0.6) is 0 Å². The van der Waals surface area contributed by atoms with E-state index in [2.05, 4.69) is 16.0 Å². The van der Waals surface area contributed by atoms with E-state index in [1.807, 2.05) is 0 Å². The van der Waals surface area contributed by atoms with Crippen LogP contribution in [0.3, 0.4) is 0 Å². The van der Waals surface area contributed by atoms with Crippen LogP contribution in [0.15, 0.2) is 0 Å². The van der Waals surface area contributed by atoms with Crippen molar-refractivity contribution in [2.75, 3.05) is 32.8 Å². The lowest BCUT2D eigenvalue weighted by molar-refractivity contribution is -0.134. The molecule has 0 radical (unpaired) electrons. The number of carbonyl (C=O) groups is 3. The summed E-state index contributed by atoms with van der Waals surface area (Å²) in [6, 6.07) is -0.482. The van der Waals surface area contributed by atoms with Gasteiger partial charge in [-0.1, -0.05) is 0 Å². The lowest BCUT2D eigenvalue weighted by Gasteiger charge is -2.26. The maximum Gasteiger partial charge on any atom is 0.322 e. The monoisotopic (exact) mass is 282 g/mol. The molecular weight excluding hydrogens is 264 g/mol. The second-order valence-corrected chi connectivity index (χ2v) is 5.46. The van der Waals surface area contributed by atoms with Crippen molar-refractivity contribution >= 4 is 17.8 Å². The van der Waals surface area contributed by atoms with Gasteiger partial charge in [0.15, 0.2) is 0 Å². The van der Waals surface area contributed by atoms with E-state index < -0.39 is 11.6 Å². The summed E-state index contributed by atoms with van der Waals surface area (Å²) >= 11 is 0. The number of carbonyl (C=O) groups excluding carboxylic acids is 3. The van der Waals surface area contributed by atoms with E-state index in [1.165, 1.54) is 0 Å². The number of urea groups is 1. The van der Waals surface area contributed by atoms with Crippen LogP contribution < -0.4 is 16.0 Å². The Kier molecular flexibility index (Phi) is 3.35. The van der Waals surface area contributed by atoms with Crippen LogP contribution in [0, 0.1) is 0 Å². The van der Waals surface area contributed by atoms with Crippen molar-refractivity contribution in [2.45, 2.75) is 24.5 Å². The third-order valence-corrected chi connectivity index (χ3v) is 4.04. The van der Waals surface area contributed by atoms with Crippen molar-refractivity contribution in [1.82, 2.24) is 20.9 Å². The highest BCUT2D eigenvalue weighted by Gasteiger charge is 2.51. The van der Waals surface area contributed by atoms with Crippen molar-refractivity contribution in [1.29, 1.82) is 0 Å². The number of likely N-dealkylation sites (tertiary alicyclic amines) is 1. The molecule has 3 aliphatic heterocycles. The van der Waals surface area contributed by atoms with Crippen molar-refractivity contribution < 1.29 is 19.1 Å². The topological polar surface area (TPSA) is 99.8 Å². The van der Waals surface area contributed by atoms with E-state index in [9.17, 15) is 14.4 Å². The first-order chi connectivity index (χ1) is 9.59. The van der Waals surface area contributed by atoms with Gasteiger partial charge in [0, 0.05) is 19.6 Å². The molecule has 0 aromatic heterocycles. The molecule has 3 rings (SSSR count). The molecule has 8 nitrogen and oxygen atoms in total. The second-order valence-electron chi connectivity index (χ2n) is 5.46. The number of rotatable bonds is 2. The van der Waals surface area contributed by atoms with Crippen LogP contribution >= 0.6 is 0 Å². The Hall–Kier alpha value is -1.67. The number of amides is 4. The van der Waals surface area contributed by atoms with Crippen LogP contribution in [0.4, 0.5) is 4.79 Å². The van der Waals surface area contributed by atoms with Crippen LogP contribution in [0.1, 0.15) is 12.8 Å². The Morgan fingerprint density at radius 1 is 1.45 bits per heavy atom. The molecule has 3 fully saturated rings. The van der Waals surface area contributed by atoms with Gasteiger partial charge in [-0.15, -0.1) is 0 Å². The Balaban J connectivity index is 1.58. The van der Waals surface area contributed by atoms with Crippen molar-refractivity contribution in [2.24, 2.45) is 0 Å². The molecule has 0 saturated carbocycles. The Morgan fingerprint density at radius 3 is 2.95 bits per heavy atom. The van der Waals surface area contributed by atoms with Crippen LogP contribution in [-0.2, 0) is 14.3 Å². The summed E-state index contributed by atoms with van der Waals surface area (Å²) in [7, 11) is 0. The molecule has 0 aromatic rings. The van der Waals surface area contributed by atoms with Crippen molar-refractivity contribution in [3.05, 3.63) is 0 Å². The normalized spacial score (nSPS) is 33.4. The Labute approximate surface area is 116 Å². The zero-order valence-electron chi connectivity index (χ0n) is 11.1. The summed E-state index contributed by atoms with van der Waals surface area (Å²) in [4.78, 5) is 36.9. The van der Waals surface area contributed by atoms with E-state index in [4.69, 9.17) is 4.74 Å². The first-order valence-corrected chi connectivity index (χ1v) is 6.83. The Morgan fingerprint density at radius 2 is 2.30 bits per heavy atom. The number of hydrogen-bond donors (Lipinski definition) is 3. The molecule has 20 heavy (non-hydrogen) atoms. The van der Waals surface area contributed by atoms with Crippen LogP contribution in [-0.4, -0.2) is 67.2 Å². The molecule has 2 unspecified atom stereocenters. The number of ether oxygens (including phenoxy) is 1.